The predicted octanol–water partition coefficient (Wildman–Crippen LogP) is 1.98. The SMILES string of the molecule is Cc1cnn(CCCNC(=O)N2CCC[C@@H](Cc3nccn3C)C2)c1. The van der Waals surface area contributed by atoms with E-state index in [1.807, 2.05) is 48.3 Å². The molecule has 0 radical (unpaired) electrons. The third-order valence-electron chi connectivity index (χ3n) is 4.80. The van der Waals surface area contributed by atoms with Gasteiger partial charge in [0.05, 0.1) is 6.20 Å². The fraction of sp³-hybridized carbons (Fsp3) is 0.611. The van der Waals surface area contributed by atoms with Gasteiger partial charge in [0.1, 0.15) is 5.82 Å². The van der Waals surface area contributed by atoms with Crippen molar-refractivity contribution >= 4 is 6.03 Å². The number of nitrogens with one attached hydrogen (secondary N) is 1. The lowest BCUT2D eigenvalue weighted by molar-refractivity contribution is 0.164. The van der Waals surface area contributed by atoms with Gasteiger partial charge in [-0.3, -0.25) is 4.68 Å². The highest BCUT2D eigenvalue weighted by atomic mass is 16.2. The molecule has 7 nitrogen and oxygen atoms in total. The molecular weight excluding hydrogens is 316 g/mol. The lowest BCUT2D eigenvalue weighted by Gasteiger charge is -2.32. The maximum atomic E-state index is 12.4. The van der Waals surface area contributed by atoms with Crippen molar-refractivity contribution in [3.8, 4) is 0 Å². The normalized spacial score (nSPS) is 17.7. The van der Waals surface area contributed by atoms with Gasteiger partial charge >= 0.3 is 6.03 Å². The van der Waals surface area contributed by atoms with Crippen LogP contribution in [0.1, 0.15) is 30.7 Å². The number of likely N-dealkylation sites (tertiary alicyclic amines) is 1. The minimum atomic E-state index is 0.0567. The summed E-state index contributed by atoms with van der Waals surface area (Å²) in [6, 6.07) is 0.0567. The molecular formula is C18H28N6O. The maximum absolute atomic E-state index is 12.4. The Labute approximate surface area is 149 Å². The molecule has 1 aliphatic heterocycles. The lowest BCUT2D eigenvalue weighted by atomic mass is 9.94. The first-order valence-electron chi connectivity index (χ1n) is 9.10. The number of hydrogen-bond acceptors (Lipinski definition) is 3. The standard InChI is InChI=1S/C18H28N6O/c1-15-12-21-24(13-15)9-4-6-20-18(25)23-8-3-5-16(14-23)11-17-19-7-10-22(17)2/h7,10,12-13,16H,3-6,8-9,11,14H2,1-2H3,(H,20,25)/t16-/m0/s1. The zero-order chi connectivity index (χ0) is 17.6. The van der Waals surface area contributed by atoms with E-state index in [0.717, 1.165) is 56.7 Å². The molecule has 25 heavy (non-hydrogen) atoms. The van der Waals surface area contributed by atoms with Gasteiger partial charge in [-0.05, 0) is 37.7 Å². The molecule has 3 heterocycles. The van der Waals surface area contributed by atoms with Gasteiger partial charge in [-0.15, -0.1) is 0 Å². The number of amides is 2. The van der Waals surface area contributed by atoms with Gasteiger partial charge in [0, 0.05) is 58.2 Å². The van der Waals surface area contributed by atoms with Crippen molar-refractivity contribution < 1.29 is 4.79 Å². The minimum absolute atomic E-state index is 0.0567. The van der Waals surface area contributed by atoms with Crippen molar-refractivity contribution in [2.24, 2.45) is 13.0 Å². The molecule has 2 aromatic heterocycles. The summed E-state index contributed by atoms with van der Waals surface area (Å²) in [7, 11) is 2.02. The van der Waals surface area contributed by atoms with Crippen LogP contribution >= 0.6 is 0 Å². The van der Waals surface area contributed by atoms with E-state index in [9.17, 15) is 4.79 Å². The molecule has 1 aliphatic rings. The summed E-state index contributed by atoms with van der Waals surface area (Å²) in [6.45, 7) is 5.20. The van der Waals surface area contributed by atoms with Crippen molar-refractivity contribution in [3.05, 3.63) is 36.2 Å². The monoisotopic (exact) mass is 344 g/mol. The summed E-state index contributed by atoms with van der Waals surface area (Å²) in [5, 5.41) is 7.31. The molecule has 1 fully saturated rings. The summed E-state index contributed by atoms with van der Waals surface area (Å²) in [4.78, 5) is 18.8. The highest BCUT2D eigenvalue weighted by Gasteiger charge is 2.24. The van der Waals surface area contributed by atoms with E-state index in [1.165, 1.54) is 0 Å². The van der Waals surface area contributed by atoms with Crippen LogP contribution in [0, 0.1) is 12.8 Å². The van der Waals surface area contributed by atoms with E-state index >= 15 is 0 Å². The Morgan fingerprint density at radius 3 is 3.04 bits per heavy atom. The van der Waals surface area contributed by atoms with E-state index in [-0.39, 0.29) is 6.03 Å². The van der Waals surface area contributed by atoms with Gasteiger partial charge in [-0.25, -0.2) is 9.78 Å². The summed E-state index contributed by atoms with van der Waals surface area (Å²) >= 11 is 0. The molecule has 3 rings (SSSR count). The molecule has 7 heteroatoms. The second-order valence-corrected chi connectivity index (χ2v) is 6.98. The Morgan fingerprint density at radius 1 is 1.44 bits per heavy atom. The van der Waals surface area contributed by atoms with Gasteiger partial charge in [0.15, 0.2) is 0 Å². The first-order chi connectivity index (χ1) is 12.1. The van der Waals surface area contributed by atoms with Gasteiger partial charge in [0.2, 0.25) is 0 Å². The van der Waals surface area contributed by atoms with Crippen LogP contribution in [0.4, 0.5) is 4.79 Å². The van der Waals surface area contributed by atoms with Crippen LogP contribution < -0.4 is 5.32 Å². The number of aromatic nitrogens is 4. The van der Waals surface area contributed by atoms with Crippen molar-refractivity contribution in [2.75, 3.05) is 19.6 Å². The Hall–Kier alpha value is -2.31. The molecule has 0 spiro atoms. The first kappa shape index (κ1) is 17.5. The minimum Gasteiger partial charge on any atom is -0.338 e. The predicted molar refractivity (Wildman–Crippen MR) is 96.2 cm³/mol. The summed E-state index contributed by atoms with van der Waals surface area (Å²) in [5.74, 6) is 1.59. The molecule has 0 saturated carbocycles. The number of aryl methyl sites for hydroxylation is 3. The van der Waals surface area contributed by atoms with Crippen LogP contribution in [0.3, 0.4) is 0 Å². The second kappa shape index (κ2) is 8.18. The summed E-state index contributed by atoms with van der Waals surface area (Å²) in [5.41, 5.74) is 1.16. The second-order valence-electron chi connectivity index (χ2n) is 6.98. The van der Waals surface area contributed by atoms with Gasteiger partial charge in [0.25, 0.3) is 0 Å². The molecule has 0 aromatic carbocycles. The molecule has 0 unspecified atom stereocenters. The number of hydrogen-bond donors (Lipinski definition) is 1. The summed E-state index contributed by atoms with van der Waals surface area (Å²) < 4.78 is 3.99. The van der Waals surface area contributed by atoms with Crippen molar-refractivity contribution in [1.82, 2.24) is 29.5 Å². The highest BCUT2D eigenvalue weighted by molar-refractivity contribution is 5.74. The largest absolute Gasteiger partial charge is 0.338 e. The number of nitrogens with zero attached hydrogens (tertiary/aromatic N) is 5. The summed E-state index contributed by atoms with van der Waals surface area (Å²) in [6.07, 6.45) is 11.7. The Bertz CT molecular complexity index is 691. The van der Waals surface area contributed by atoms with Gasteiger partial charge in [-0.1, -0.05) is 0 Å². The Balaban J connectivity index is 1.40. The molecule has 1 atom stereocenters. The van der Waals surface area contributed by atoms with E-state index in [2.05, 4.69) is 20.0 Å². The fourth-order valence-electron chi connectivity index (χ4n) is 3.40. The highest BCUT2D eigenvalue weighted by Crippen LogP contribution is 2.20. The topological polar surface area (TPSA) is 68.0 Å². The quantitative estimate of drug-likeness (QED) is 0.815. The average molecular weight is 344 g/mol. The average Bonchev–Trinajstić information content (AvgIpc) is 3.20. The fourth-order valence-corrected chi connectivity index (χ4v) is 3.40. The molecule has 0 bridgehead atoms. The van der Waals surface area contributed by atoms with E-state index in [0.29, 0.717) is 12.5 Å². The molecule has 136 valence electrons. The van der Waals surface area contributed by atoms with Crippen molar-refractivity contribution in [2.45, 2.75) is 39.2 Å². The van der Waals surface area contributed by atoms with E-state index in [4.69, 9.17) is 0 Å². The Morgan fingerprint density at radius 2 is 2.32 bits per heavy atom. The third kappa shape index (κ3) is 4.84. The van der Waals surface area contributed by atoms with Crippen molar-refractivity contribution in [3.63, 3.8) is 0 Å². The number of urea groups is 1. The number of piperidine rings is 1. The third-order valence-corrected chi connectivity index (χ3v) is 4.80. The van der Waals surface area contributed by atoms with Crippen LogP contribution in [0.25, 0.3) is 0 Å². The molecule has 2 aromatic rings. The molecule has 2 amide bonds. The smallest absolute Gasteiger partial charge is 0.317 e. The van der Waals surface area contributed by atoms with E-state index < -0.39 is 0 Å². The molecule has 1 saturated heterocycles. The number of imidazole rings is 1. The van der Waals surface area contributed by atoms with Crippen LogP contribution in [0.2, 0.25) is 0 Å². The molecule has 0 aliphatic carbocycles. The van der Waals surface area contributed by atoms with Crippen LogP contribution in [-0.4, -0.2) is 49.9 Å². The van der Waals surface area contributed by atoms with Gasteiger partial charge < -0.3 is 14.8 Å². The number of rotatable bonds is 6. The zero-order valence-electron chi connectivity index (χ0n) is 15.2. The van der Waals surface area contributed by atoms with Crippen molar-refractivity contribution in [1.29, 1.82) is 0 Å². The zero-order valence-corrected chi connectivity index (χ0v) is 15.2. The number of carbonyl (C=O) groups excluding carboxylic acids is 1. The Kier molecular flexibility index (Phi) is 5.73. The van der Waals surface area contributed by atoms with Gasteiger partial charge in [-0.2, -0.15) is 5.10 Å². The van der Waals surface area contributed by atoms with Crippen LogP contribution in [0.15, 0.2) is 24.8 Å². The van der Waals surface area contributed by atoms with Crippen LogP contribution in [0.5, 0.6) is 0 Å². The van der Waals surface area contributed by atoms with E-state index in [1.54, 1.807) is 0 Å². The van der Waals surface area contributed by atoms with Crippen LogP contribution in [-0.2, 0) is 20.0 Å². The molecule has 1 N–H and O–H groups in total. The lowest BCUT2D eigenvalue weighted by Crippen LogP contribution is -2.46. The first-order valence-corrected chi connectivity index (χ1v) is 9.10. The number of carbonyl (C=O) groups is 1. The maximum Gasteiger partial charge on any atom is 0.317 e.